The third-order valence-corrected chi connectivity index (χ3v) is 4.89. The Bertz CT molecular complexity index is 832. The highest BCUT2D eigenvalue weighted by Crippen LogP contribution is 2.34. The zero-order chi connectivity index (χ0) is 18.8. The van der Waals surface area contributed by atoms with Crippen molar-refractivity contribution in [1.29, 1.82) is 0 Å². The summed E-state index contributed by atoms with van der Waals surface area (Å²) in [5.74, 6) is -1.29. The van der Waals surface area contributed by atoms with E-state index in [1.54, 1.807) is 18.2 Å². The number of hydrogen-bond acceptors (Lipinski definition) is 4. The predicted molar refractivity (Wildman–Crippen MR) is 96.5 cm³/mol. The Kier molecular flexibility index (Phi) is 4.93. The van der Waals surface area contributed by atoms with Crippen molar-refractivity contribution >= 4 is 11.9 Å². The number of aromatic nitrogens is 1. The smallest absolute Gasteiger partial charge is 0.308 e. The van der Waals surface area contributed by atoms with Crippen LogP contribution in [0.15, 0.2) is 36.5 Å². The summed E-state index contributed by atoms with van der Waals surface area (Å²) >= 11 is 0. The average Bonchev–Trinajstić information content (AvgIpc) is 3.07. The Hall–Kier alpha value is -2.89. The number of nitrogens with zero attached hydrogens (tertiary/aromatic N) is 2. The van der Waals surface area contributed by atoms with Crippen molar-refractivity contribution in [3.63, 3.8) is 0 Å². The lowest BCUT2D eigenvalue weighted by Gasteiger charge is -2.17. The topological polar surface area (TPSA) is 79.7 Å². The van der Waals surface area contributed by atoms with Gasteiger partial charge in [-0.15, -0.1) is 0 Å². The number of benzene rings is 1. The maximum atomic E-state index is 12.9. The van der Waals surface area contributed by atoms with Crippen LogP contribution in [-0.4, -0.2) is 47.1 Å². The summed E-state index contributed by atoms with van der Waals surface area (Å²) in [4.78, 5) is 30.5. The SMILES string of the molecule is COc1ccc([C@@H]2CN(C(=O)c3ncc(C)cc3C)C[C@H]2C(=O)O)cc1. The van der Waals surface area contributed by atoms with Crippen molar-refractivity contribution in [1.82, 2.24) is 9.88 Å². The van der Waals surface area contributed by atoms with Crippen molar-refractivity contribution < 1.29 is 19.4 Å². The van der Waals surface area contributed by atoms with Crippen molar-refractivity contribution in [3.05, 3.63) is 58.9 Å². The minimum Gasteiger partial charge on any atom is -0.497 e. The Balaban J connectivity index is 1.86. The highest BCUT2D eigenvalue weighted by molar-refractivity contribution is 5.94. The van der Waals surface area contributed by atoms with Gasteiger partial charge in [-0.3, -0.25) is 14.6 Å². The summed E-state index contributed by atoms with van der Waals surface area (Å²) in [6.45, 7) is 4.31. The molecule has 6 heteroatoms. The first kappa shape index (κ1) is 17.9. The Morgan fingerprint density at radius 1 is 1.19 bits per heavy atom. The minimum absolute atomic E-state index is 0.180. The summed E-state index contributed by atoms with van der Waals surface area (Å²) in [7, 11) is 1.59. The number of carbonyl (C=O) groups is 2. The van der Waals surface area contributed by atoms with E-state index in [1.807, 2.05) is 44.2 Å². The molecule has 0 bridgehead atoms. The summed E-state index contributed by atoms with van der Waals surface area (Å²) < 4.78 is 5.16. The number of methoxy groups -OCH3 is 1. The molecule has 2 atom stereocenters. The molecule has 1 saturated heterocycles. The molecule has 3 rings (SSSR count). The molecule has 1 aliphatic rings. The summed E-state index contributed by atoms with van der Waals surface area (Å²) in [6, 6.07) is 9.26. The molecule has 1 aromatic heterocycles. The zero-order valence-corrected chi connectivity index (χ0v) is 15.1. The van der Waals surface area contributed by atoms with E-state index < -0.39 is 11.9 Å². The molecule has 0 saturated carbocycles. The van der Waals surface area contributed by atoms with Crippen LogP contribution < -0.4 is 4.74 Å². The van der Waals surface area contributed by atoms with Crippen LogP contribution in [0.5, 0.6) is 5.75 Å². The van der Waals surface area contributed by atoms with E-state index in [4.69, 9.17) is 4.74 Å². The Morgan fingerprint density at radius 2 is 1.88 bits per heavy atom. The number of aliphatic carboxylic acids is 1. The van der Waals surface area contributed by atoms with Crippen LogP contribution in [0.3, 0.4) is 0 Å². The van der Waals surface area contributed by atoms with Crippen LogP contribution in [0.4, 0.5) is 0 Å². The van der Waals surface area contributed by atoms with Crippen molar-refractivity contribution in [2.45, 2.75) is 19.8 Å². The van der Waals surface area contributed by atoms with E-state index in [-0.39, 0.29) is 18.4 Å². The van der Waals surface area contributed by atoms with Gasteiger partial charge >= 0.3 is 5.97 Å². The van der Waals surface area contributed by atoms with Crippen LogP contribution in [0, 0.1) is 19.8 Å². The number of pyridine rings is 1. The molecule has 0 aliphatic carbocycles. The Labute approximate surface area is 152 Å². The quantitative estimate of drug-likeness (QED) is 0.913. The van der Waals surface area contributed by atoms with E-state index in [1.165, 1.54) is 0 Å². The van der Waals surface area contributed by atoms with Gasteiger partial charge in [0.1, 0.15) is 11.4 Å². The molecule has 0 spiro atoms. The van der Waals surface area contributed by atoms with E-state index in [2.05, 4.69) is 4.98 Å². The molecule has 1 aliphatic heterocycles. The van der Waals surface area contributed by atoms with Crippen molar-refractivity contribution in [2.24, 2.45) is 5.92 Å². The first-order valence-corrected chi connectivity index (χ1v) is 8.50. The Morgan fingerprint density at radius 3 is 2.46 bits per heavy atom. The zero-order valence-electron chi connectivity index (χ0n) is 15.1. The van der Waals surface area contributed by atoms with Gasteiger partial charge in [0.25, 0.3) is 5.91 Å². The van der Waals surface area contributed by atoms with E-state index in [0.29, 0.717) is 18.0 Å². The van der Waals surface area contributed by atoms with Gasteiger partial charge in [-0.1, -0.05) is 18.2 Å². The van der Waals surface area contributed by atoms with Crippen LogP contribution >= 0.6 is 0 Å². The largest absolute Gasteiger partial charge is 0.497 e. The molecule has 26 heavy (non-hydrogen) atoms. The summed E-state index contributed by atoms with van der Waals surface area (Å²) in [6.07, 6.45) is 1.66. The number of amides is 1. The molecular formula is C20H22N2O4. The molecule has 2 heterocycles. The van der Waals surface area contributed by atoms with Gasteiger partial charge in [0.15, 0.2) is 0 Å². The summed E-state index contributed by atoms with van der Waals surface area (Å²) in [5.41, 5.74) is 3.06. The van der Waals surface area contributed by atoms with Crippen LogP contribution in [0.25, 0.3) is 0 Å². The van der Waals surface area contributed by atoms with Crippen molar-refractivity contribution in [3.8, 4) is 5.75 Å². The van der Waals surface area contributed by atoms with Gasteiger partial charge in [-0.05, 0) is 42.7 Å². The highest BCUT2D eigenvalue weighted by atomic mass is 16.5. The maximum Gasteiger partial charge on any atom is 0.308 e. The van der Waals surface area contributed by atoms with Gasteiger partial charge in [0, 0.05) is 25.2 Å². The second-order valence-electron chi connectivity index (χ2n) is 6.71. The molecule has 1 aromatic carbocycles. The molecule has 1 N–H and O–H groups in total. The number of ether oxygens (including phenoxy) is 1. The number of carbonyl (C=O) groups excluding carboxylic acids is 1. The molecule has 0 unspecified atom stereocenters. The second kappa shape index (κ2) is 7.15. The van der Waals surface area contributed by atoms with Gasteiger partial charge in [-0.2, -0.15) is 0 Å². The van der Waals surface area contributed by atoms with Gasteiger partial charge in [-0.25, -0.2) is 0 Å². The summed E-state index contributed by atoms with van der Waals surface area (Å²) in [5, 5.41) is 9.63. The third kappa shape index (κ3) is 3.40. The normalized spacial score (nSPS) is 19.4. The molecule has 1 amide bonds. The molecular weight excluding hydrogens is 332 g/mol. The number of hydrogen-bond donors (Lipinski definition) is 1. The van der Waals surface area contributed by atoms with Crippen molar-refractivity contribution in [2.75, 3.05) is 20.2 Å². The number of carboxylic acids is 1. The monoisotopic (exact) mass is 354 g/mol. The maximum absolute atomic E-state index is 12.9. The molecule has 1 fully saturated rings. The number of aryl methyl sites for hydroxylation is 2. The minimum atomic E-state index is -0.894. The van der Waals surface area contributed by atoms with Gasteiger partial charge < -0.3 is 14.7 Å². The molecule has 0 radical (unpaired) electrons. The van der Waals surface area contributed by atoms with Crippen LogP contribution in [0.2, 0.25) is 0 Å². The predicted octanol–water partition coefficient (Wildman–Crippen LogP) is 2.65. The fourth-order valence-electron chi connectivity index (χ4n) is 3.50. The second-order valence-corrected chi connectivity index (χ2v) is 6.71. The lowest BCUT2D eigenvalue weighted by atomic mass is 9.89. The van der Waals surface area contributed by atoms with E-state index in [9.17, 15) is 14.7 Å². The van der Waals surface area contributed by atoms with Gasteiger partial charge in [0.05, 0.1) is 13.0 Å². The fraction of sp³-hybridized carbons (Fsp3) is 0.350. The average molecular weight is 354 g/mol. The third-order valence-electron chi connectivity index (χ3n) is 4.89. The highest BCUT2D eigenvalue weighted by Gasteiger charge is 2.41. The number of likely N-dealkylation sites (tertiary alicyclic amines) is 1. The van der Waals surface area contributed by atoms with Crippen LogP contribution in [-0.2, 0) is 4.79 Å². The molecule has 6 nitrogen and oxygen atoms in total. The number of rotatable bonds is 4. The molecule has 136 valence electrons. The fourth-order valence-corrected chi connectivity index (χ4v) is 3.50. The first-order valence-electron chi connectivity index (χ1n) is 8.50. The lowest BCUT2D eigenvalue weighted by Crippen LogP contribution is -2.31. The lowest BCUT2D eigenvalue weighted by molar-refractivity contribution is -0.141. The van der Waals surface area contributed by atoms with E-state index in [0.717, 1.165) is 16.7 Å². The standard InChI is InChI=1S/C20H22N2O4/c1-12-8-13(2)18(21-9-12)19(23)22-10-16(17(11-22)20(24)25)14-4-6-15(26-3)7-5-14/h4-9,16-17H,10-11H2,1-3H3,(H,24,25)/t16-,17+/m0/s1. The van der Waals surface area contributed by atoms with Crippen LogP contribution in [0.1, 0.15) is 33.1 Å². The molecule has 2 aromatic rings. The first-order chi connectivity index (χ1) is 12.4. The number of carboxylic acid groups (broad SMARTS) is 1. The van der Waals surface area contributed by atoms with Gasteiger partial charge in [0.2, 0.25) is 0 Å². The van der Waals surface area contributed by atoms with E-state index >= 15 is 0 Å².